The Morgan fingerprint density at radius 3 is 3.05 bits per heavy atom. The van der Waals surface area contributed by atoms with Gasteiger partial charge in [-0.1, -0.05) is 6.07 Å². The Labute approximate surface area is 113 Å². The molecule has 1 saturated heterocycles. The lowest BCUT2D eigenvalue weighted by Crippen LogP contribution is -2.29. The van der Waals surface area contributed by atoms with Gasteiger partial charge in [-0.15, -0.1) is 0 Å². The molecule has 0 aromatic heterocycles. The average Bonchev–Trinajstić information content (AvgIpc) is 2.88. The van der Waals surface area contributed by atoms with Crippen molar-refractivity contribution < 1.29 is 14.3 Å². The molecule has 1 aliphatic heterocycles. The normalized spacial score (nSPS) is 22.2. The number of nitrogens with two attached hydrogens (primary N) is 1. The molecule has 19 heavy (non-hydrogen) atoms. The van der Waals surface area contributed by atoms with Crippen LogP contribution in [0.5, 0.6) is 5.75 Å². The van der Waals surface area contributed by atoms with E-state index in [1.165, 1.54) is 0 Å². The van der Waals surface area contributed by atoms with E-state index in [0.29, 0.717) is 13.2 Å². The third kappa shape index (κ3) is 3.68. The maximum absolute atomic E-state index is 12.0. The van der Waals surface area contributed by atoms with Crippen LogP contribution in [-0.2, 0) is 9.53 Å². The first kappa shape index (κ1) is 13.8. The smallest absolute Gasteiger partial charge is 0.253 e. The summed E-state index contributed by atoms with van der Waals surface area (Å²) in [5.41, 5.74) is 6.25. The molecule has 0 bridgehead atoms. The van der Waals surface area contributed by atoms with Gasteiger partial charge < -0.3 is 20.5 Å². The first-order chi connectivity index (χ1) is 9.22. The maximum atomic E-state index is 12.0. The van der Waals surface area contributed by atoms with E-state index in [1.807, 2.05) is 25.1 Å². The second-order valence-corrected chi connectivity index (χ2v) is 4.51. The molecule has 1 aliphatic rings. The predicted octanol–water partition coefficient (Wildman–Crippen LogP) is 1.53. The molecule has 1 heterocycles. The van der Waals surface area contributed by atoms with Gasteiger partial charge in [0.05, 0.1) is 12.7 Å². The second kappa shape index (κ2) is 6.54. The van der Waals surface area contributed by atoms with Crippen LogP contribution >= 0.6 is 0 Å². The summed E-state index contributed by atoms with van der Waals surface area (Å²) < 4.78 is 10.9. The van der Waals surface area contributed by atoms with Gasteiger partial charge in [0.25, 0.3) is 5.91 Å². The molecule has 1 aromatic carbocycles. The van der Waals surface area contributed by atoms with E-state index in [0.717, 1.165) is 24.3 Å². The van der Waals surface area contributed by atoms with Gasteiger partial charge in [-0.2, -0.15) is 0 Å². The summed E-state index contributed by atoms with van der Waals surface area (Å²) in [6.07, 6.45) is 1.17. The van der Waals surface area contributed by atoms with Gasteiger partial charge in [-0.05, 0) is 31.9 Å². The van der Waals surface area contributed by atoms with E-state index in [1.54, 1.807) is 6.07 Å². The van der Waals surface area contributed by atoms with Gasteiger partial charge in [-0.3, -0.25) is 4.79 Å². The van der Waals surface area contributed by atoms with Crippen molar-refractivity contribution in [2.24, 2.45) is 5.73 Å². The van der Waals surface area contributed by atoms with Gasteiger partial charge in [-0.25, -0.2) is 0 Å². The number of nitrogens with one attached hydrogen (secondary N) is 1. The van der Waals surface area contributed by atoms with Crippen molar-refractivity contribution in [3.05, 3.63) is 24.3 Å². The number of carbonyl (C=O) groups is 1. The summed E-state index contributed by atoms with van der Waals surface area (Å²) in [6.45, 7) is 2.98. The minimum absolute atomic E-state index is 0.00510. The third-order valence-electron chi connectivity index (χ3n) is 3.08. The van der Waals surface area contributed by atoms with Gasteiger partial charge >= 0.3 is 0 Å². The van der Waals surface area contributed by atoms with Gasteiger partial charge in [0.15, 0.2) is 0 Å². The van der Waals surface area contributed by atoms with Crippen LogP contribution < -0.4 is 15.8 Å². The van der Waals surface area contributed by atoms with Crippen LogP contribution in [0.2, 0.25) is 0 Å². The van der Waals surface area contributed by atoms with E-state index in [4.69, 9.17) is 15.2 Å². The third-order valence-corrected chi connectivity index (χ3v) is 3.08. The minimum Gasteiger partial charge on any atom is -0.494 e. The summed E-state index contributed by atoms with van der Waals surface area (Å²) in [4.78, 5) is 12.0. The fourth-order valence-electron chi connectivity index (χ4n) is 2.13. The maximum Gasteiger partial charge on any atom is 0.253 e. The van der Waals surface area contributed by atoms with Crippen molar-refractivity contribution in [3.8, 4) is 5.75 Å². The molecule has 1 amide bonds. The standard InChI is InChI=1S/C14H20N2O3/c1-2-18-11-5-3-4-10(8-11)16-14(17)13-7-6-12(9-15)19-13/h3-5,8,12-13H,2,6-7,9,15H2,1H3,(H,16,17)/t12-,13+/m1/s1. The van der Waals surface area contributed by atoms with Crippen molar-refractivity contribution in [2.45, 2.75) is 32.0 Å². The van der Waals surface area contributed by atoms with E-state index < -0.39 is 6.10 Å². The highest BCUT2D eigenvalue weighted by Gasteiger charge is 2.29. The SMILES string of the molecule is CCOc1cccc(NC(=O)[C@@H]2CC[C@H](CN)O2)c1. The molecule has 0 spiro atoms. The second-order valence-electron chi connectivity index (χ2n) is 4.51. The van der Waals surface area contributed by atoms with Crippen molar-refractivity contribution >= 4 is 11.6 Å². The molecule has 0 saturated carbocycles. The van der Waals surface area contributed by atoms with E-state index >= 15 is 0 Å². The highest BCUT2D eigenvalue weighted by atomic mass is 16.5. The Morgan fingerprint density at radius 1 is 1.53 bits per heavy atom. The molecule has 1 aromatic rings. The zero-order chi connectivity index (χ0) is 13.7. The lowest BCUT2D eigenvalue weighted by molar-refractivity contribution is -0.126. The summed E-state index contributed by atoms with van der Waals surface area (Å²) >= 11 is 0. The number of anilines is 1. The molecule has 1 fully saturated rings. The average molecular weight is 264 g/mol. The van der Waals surface area contributed by atoms with Gasteiger partial charge in [0.2, 0.25) is 0 Å². The molecule has 3 N–H and O–H groups in total. The Bertz CT molecular complexity index is 436. The molecular formula is C14H20N2O3. The summed E-state index contributed by atoms with van der Waals surface area (Å²) in [5, 5.41) is 2.84. The lowest BCUT2D eigenvalue weighted by Gasteiger charge is -2.13. The Hall–Kier alpha value is -1.59. The van der Waals surface area contributed by atoms with Gasteiger partial charge in [0, 0.05) is 18.3 Å². The molecule has 0 radical (unpaired) electrons. The zero-order valence-electron chi connectivity index (χ0n) is 11.1. The predicted molar refractivity (Wildman–Crippen MR) is 73.2 cm³/mol. The highest BCUT2D eigenvalue weighted by Crippen LogP contribution is 2.22. The largest absolute Gasteiger partial charge is 0.494 e. The van der Waals surface area contributed by atoms with Gasteiger partial charge in [0.1, 0.15) is 11.9 Å². The first-order valence-corrected chi connectivity index (χ1v) is 6.62. The molecule has 0 aliphatic carbocycles. The molecule has 0 unspecified atom stereocenters. The summed E-state index contributed by atoms with van der Waals surface area (Å²) in [7, 11) is 0. The van der Waals surface area contributed by atoms with Crippen LogP contribution in [0.25, 0.3) is 0 Å². The number of carbonyl (C=O) groups excluding carboxylic acids is 1. The quantitative estimate of drug-likeness (QED) is 0.846. The molecule has 2 rings (SSSR count). The van der Waals surface area contributed by atoms with Crippen LogP contribution in [0.3, 0.4) is 0 Å². The Morgan fingerprint density at radius 2 is 2.37 bits per heavy atom. The number of benzene rings is 1. The van der Waals surface area contributed by atoms with E-state index in [-0.39, 0.29) is 12.0 Å². The van der Waals surface area contributed by atoms with Crippen LogP contribution in [0.15, 0.2) is 24.3 Å². The Kier molecular flexibility index (Phi) is 4.76. The van der Waals surface area contributed by atoms with Crippen LogP contribution in [0, 0.1) is 0 Å². The van der Waals surface area contributed by atoms with Crippen LogP contribution in [0.4, 0.5) is 5.69 Å². The van der Waals surface area contributed by atoms with Crippen molar-refractivity contribution in [3.63, 3.8) is 0 Å². The zero-order valence-corrected chi connectivity index (χ0v) is 11.1. The topological polar surface area (TPSA) is 73.6 Å². The van der Waals surface area contributed by atoms with E-state index in [2.05, 4.69) is 5.32 Å². The Balaban J connectivity index is 1.93. The molecule has 2 atom stereocenters. The number of hydrogen-bond donors (Lipinski definition) is 2. The molecule has 5 nitrogen and oxygen atoms in total. The van der Waals surface area contributed by atoms with Crippen molar-refractivity contribution in [1.82, 2.24) is 0 Å². The lowest BCUT2D eigenvalue weighted by atomic mass is 10.2. The minimum atomic E-state index is -0.399. The monoisotopic (exact) mass is 264 g/mol. The number of rotatable bonds is 5. The fraction of sp³-hybridized carbons (Fsp3) is 0.500. The number of ether oxygens (including phenoxy) is 2. The molecule has 5 heteroatoms. The number of hydrogen-bond acceptors (Lipinski definition) is 4. The van der Waals surface area contributed by atoms with Crippen LogP contribution in [0.1, 0.15) is 19.8 Å². The van der Waals surface area contributed by atoms with Crippen LogP contribution in [-0.4, -0.2) is 31.3 Å². The summed E-state index contributed by atoms with van der Waals surface area (Å²) in [5.74, 6) is 0.622. The fourth-order valence-corrected chi connectivity index (χ4v) is 2.13. The summed E-state index contributed by atoms with van der Waals surface area (Å²) in [6, 6.07) is 7.33. The highest BCUT2D eigenvalue weighted by molar-refractivity contribution is 5.94. The molecular weight excluding hydrogens is 244 g/mol. The van der Waals surface area contributed by atoms with E-state index in [9.17, 15) is 4.79 Å². The van der Waals surface area contributed by atoms with Crippen molar-refractivity contribution in [1.29, 1.82) is 0 Å². The van der Waals surface area contributed by atoms with Crippen molar-refractivity contribution in [2.75, 3.05) is 18.5 Å². The first-order valence-electron chi connectivity index (χ1n) is 6.62. The number of amides is 1. The molecule has 104 valence electrons.